The van der Waals surface area contributed by atoms with Crippen LogP contribution >= 0.6 is 11.9 Å². The average Bonchev–Trinajstić information content (AvgIpc) is 2.82. The van der Waals surface area contributed by atoms with Gasteiger partial charge in [-0.2, -0.15) is 0 Å². The van der Waals surface area contributed by atoms with Gasteiger partial charge in [-0.15, -0.1) is 0 Å². The minimum Gasteiger partial charge on any atom is -0.496 e. The zero-order valence-electron chi connectivity index (χ0n) is 20.0. The van der Waals surface area contributed by atoms with Crippen LogP contribution in [0.15, 0.2) is 59.5 Å². The van der Waals surface area contributed by atoms with Gasteiger partial charge in [-0.1, -0.05) is 29.8 Å². The first kappa shape index (κ1) is 25.3. The highest BCUT2D eigenvalue weighted by Crippen LogP contribution is 2.41. The van der Waals surface area contributed by atoms with Gasteiger partial charge in [0.25, 0.3) is 0 Å². The second-order valence-corrected chi connectivity index (χ2v) is 8.86. The second-order valence-electron chi connectivity index (χ2n) is 7.77. The first-order valence-corrected chi connectivity index (χ1v) is 11.4. The summed E-state index contributed by atoms with van der Waals surface area (Å²) >= 11 is 1.32. The van der Waals surface area contributed by atoms with Gasteiger partial charge in [0.2, 0.25) is 5.91 Å². The average molecular weight is 483 g/mol. The third-order valence-corrected chi connectivity index (χ3v) is 6.40. The number of primary amides is 1. The fraction of sp³-hybridized carbons (Fsp3) is 0.269. The molecule has 0 aliphatic heterocycles. The lowest BCUT2D eigenvalue weighted by atomic mass is 9.94. The van der Waals surface area contributed by atoms with Crippen LogP contribution in [0.2, 0.25) is 0 Å². The molecule has 3 aromatic rings. The number of ether oxygens (including phenoxy) is 3. The molecule has 3 aromatic carbocycles. The Hall–Kier alpha value is -3.36. The van der Waals surface area contributed by atoms with Gasteiger partial charge in [0.15, 0.2) is 11.5 Å². The topological polar surface area (TPSA) is 94.3 Å². The molecule has 0 aliphatic carbocycles. The van der Waals surface area contributed by atoms with Gasteiger partial charge in [-0.05, 0) is 61.7 Å². The van der Waals surface area contributed by atoms with E-state index in [-0.39, 0.29) is 6.54 Å². The summed E-state index contributed by atoms with van der Waals surface area (Å²) in [5.74, 6) is 1.27. The summed E-state index contributed by atoms with van der Waals surface area (Å²) in [7, 11) is 4.72. The summed E-state index contributed by atoms with van der Waals surface area (Å²) in [5, 5.41) is 11.5. The molecule has 0 radical (unpaired) electrons. The van der Waals surface area contributed by atoms with E-state index < -0.39 is 12.0 Å². The normalized spacial score (nSPS) is 11.6. The van der Waals surface area contributed by atoms with Crippen LogP contribution in [0.4, 0.5) is 5.69 Å². The van der Waals surface area contributed by atoms with E-state index in [4.69, 9.17) is 19.9 Å². The van der Waals surface area contributed by atoms with Crippen molar-refractivity contribution in [3.8, 4) is 17.2 Å². The Balaban J connectivity index is 2.09. The van der Waals surface area contributed by atoms with Gasteiger partial charge in [-0.3, -0.25) is 4.79 Å². The number of rotatable bonds is 10. The van der Waals surface area contributed by atoms with Crippen LogP contribution in [-0.2, 0) is 4.79 Å². The zero-order valence-corrected chi connectivity index (χ0v) is 20.8. The number of hydrogen-bond donors (Lipinski definition) is 2. The third kappa shape index (κ3) is 5.58. The van der Waals surface area contributed by atoms with Crippen LogP contribution in [0, 0.1) is 13.8 Å². The van der Waals surface area contributed by atoms with E-state index in [1.54, 1.807) is 31.7 Å². The van der Waals surface area contributed by atoms with Crippen molar-refractivity contribution >= 4 is 23.5 Å². The maximum atomic E-state index is 12.0. The molecule has 34 heavy (non-hydrogen) atoms. The monoisotopic (exact) mass is 482 g/mol. The number of aryl methyl sites for hydroxylation is 2. The molecule has 0 saturated carbocycles. The van der Waals surface area contributed by atoms with E-state index in [0.717, 1.165) is 16.0 Å². The Morgan fingerprint density at radius 3 is 2.32 bits per heavy atom. The third-order valence-electron chi connectivity index (χ3n) is 5.39. The molecular formula is C26H30N2O5S. The fourth-order valence-electron chi connectivity index (χ4n) is 3.77. The Morgan fingerprint density at radius 1 is 0.971 bits per heavy atom. The number of hydrogen-bond acceptors (Lipinski definition) is 7. The van der Waals surface area contributed by atoms with Gasteiger partial charge in [0, 0.05) is 16.0 Å². The lowest BCUT2D eigenvalue weighted by Crippen LogP contribution is -2.29. The number of amides is 1. The summed E-state index contributed by atoms with van der Waals surface area (Å²) in [6, 6.07) is 16.9. The first-order valence-electron chi connectivity index (χ1n) is 10.7. The van der Waals surface area contributed by atoms with E-state index in [1.807, 2.05) is 62.4 Å². The Labute approximate surface area is 204 Å². The summed E-state index contributed by atoms with van der Waals surface area (Å²) < 4.78 is 18.0. The summed E-state index contributed by atoms with van der Waals surface area (Å²) in [6.45, 7) is 3.82. The van der Waals surface area contributed by atoms with Crippen LogP contribution in [0.3, 0.4) is 0 Å². The first-order chi connectivity index (χ1) is 16.3. The molecule has 8 heteroatoms. The van der Waals surface area contributed by atoms with E-state index >= 15 is 0 Å². The quantitative estimate of drug-likeness (QED) is 0.413. The van der Waals surface area contributed by atoms with Crippen molar-refractivity contribution in [3.05, 3.63) is 76.9 Å². The number of nitrogens with two attached hydrogens (primary N) is 1. The lowest BCUT2D eigenvalue weighted by molar-refractivity contribution is -0.116. The number of methoxy groups -OCH3 is 3. The van der Waals surface area contributed by atoms with Gasteiger partial charge in [-0.25, -0.2) is 0 Å². The minimum absolute atomic E-state index is 0.0628. The molecule has 1 unspecified atom stereocenters. The lowest BCUT2D eigenvalue weighted by Gasteiger charge is -2.28. The minimum atomic E-state index is -0.979. The Kier molecular flexibility index (Phi) is 8.31. The van der Waals surface area contributed by atoms with E-state index in [9.17, 15) is 9.90 Å². The number of carbonyl (C=O) groups is 1. The van der Waals surface area contributed by atoms with Crippen molar-refractivity contribution in [3.63, 3.8) is 0 Å². The molecule has 3 rings (SSSR count). The molecule has 1 atom stereocenters. The van der Waals surface area contributed by atoms with Crippen molar-refractivity contribution in [1.82, 2.24) is 0 Å². The van der Waals surface area contributed by atoms with Crippen molar-refractivity contribution in [2.75, 3.05) is 32.2 Å². The largest absolute Gasteiger partial charge is 0.496 e. The molecule has 3 N–H and O–H groups in total. The molecule has 1 amide bonds. The fourth-order valence-corrected chi connectivity index (χ4v) is 4.77. The highest BCUT2D eigenvalue weighted by molar-refractivity contribution is 8.00. The highest BCUT2D eigenvalue weighted by Gasteiger charge is 2.25. The molecule has 0 saturated heterocycles. The van der Waals surface area contributed by atoms with Crippen LogP contribution in [0.25, 0.3) is 0 Å². The van der Waals surface area contributed by atoms with Crippen LogP contribution in [0.1, 0.15) is 28.4 Å². The molecule has 0 heterocycles. The van der Waals surface area contributed by atoms with Crippen LogP contribution in [0.5, 0.6) is 17.2 Å². The summed E-state index contributed by atoms with van der Waals surface area (Å²) in [4.78, 5) is 12.8. The number of aliphatic hydroxyl groups excluding tert-OH is 1. The van der Waals surface area contributed by atoms with E-state index in [2.05, 4.69) is 0 Å². The van der Waals surface area contributed by atoms with E-state index in [0.29, 0.717) is 34.1 Å². The predicted molar refractivity (Wildman–Crippen MR) is 135 cm³/mol. The van der Waals surface area contributed by atoms with Gasteiger partial charge >= 0.3 is 0 Å². The maximum absolute atomic E-state index is 12.0. The van der Waals surface area contributed by atoms with Crippen molar-refractivity contribution in [2.24, 2.45) is 5.73 Å². The Bertz CT molecular complexity index is 1170. The highest BCUT2D eigenvalue weighted by atomic mass is 32.2. The van der Waals surface area contributed by atoms with E-state index in [1.165, 1.54) is 11.9 Å². The molecular weight excluding hydrogens is 452 g/mol. The van der Waals surface area contributed by atoms with Crippen LogP contribution in [-0.4, -0.2) is 38.9 Å². The molecule has 0 bridgehead atoms. The molecule has 0 aromatic heterocycles. The molecule has 0 fully saturated rings. The number of anilines is 1. The van der Waals surface area contributed by atoms with Crippen LogP contribution < -0.4 is 24.2 Å². The number of nitrogens with zero attached hydrogens (tertiary/aromatic N) is 1. The molecule has 0 spiro atoms. The summed E-state index contributed by atoms with van der Waals surface area (Å²) in [6.07, 6.45) is -0.979. The van der Waals surface area contributed by atoms with Gasteiger partial charge in [0.1, 0.15) is 18.4 Å². The van der Waals surface area contributed by atoms with Crippen molar-refractivity contribution in [1.29, 1.82) is 0 Å². The Morgan fingerprint density at radius 2 is 1.68 bits per heavy atom. The van der Waals surface area contributed by atoms with Crippen molar-refractivity contribution < 1.29 is 24.1 Å². The standard InChI is InChI=1S/C26H30N2O5S/c1-16-9-11-20(19(13-16)26(30)25-17(2)7-6-8-22(25)32-4)28(15-24(27)29)34-18-10-12-21(31-3)23(14-18)33-5/h6-14,26,30H,15H2,1-5H3,(H2,27,29). The predicted octanol–water partition coefficient (Wildman–Crippen LogP) is 4.41. The SMILES string of the molecule is COc1ccc(SN(CC(N)=O)c2ccc(C)cc2C(O)c2c(C)cccc2OC)cc1OC. The molecule has 0 aliphatic rings. The summed E-state index contributed by atoms with van der Waals surface area (Å²) in [5.41, 5.74) is 9.45. The zero-order chi connectivity index (χ0) is 24.8. The van der Waals surface area contributed by atoms with Gasteiger partial charge < -0.3 is 29.4 Å². The van der Waals surface area contributed by atoms with Crippen molar-refractivity contribution in [2.45, 2.75) is 24.8 Å². The molecule has 180 valence electrons. The van der Waals surface area contributed by atoms with Gasteiger partial charge in [0.05, 0.1) is 27.0 Å². The second kappa shape index (κ2) is 11.2. The smallest absolute Gasteiger partial charge is 0.238 e. The molecule has 7 nitrogen and oxygen atoms in total. The number of benzene rings is 3. The maximum Gasteiger partial charge on any atom is 0.238 e. The number of aliphatic hydroxyl groups is 1. The number of carbonyl (C=O) groups excluding carboxylic acids is 1.